The Morgan fingerprint density at radius 1 is 1.22 bits per heavy atom. The number of aromatic nitrogens is 4. The Hall–Kier alpha value is -2.87. The molecule has 0 aliphatic carbocycles. The molecule has 1 amide bonds. The molecule has 4 rings (SSSR count). The van der Waals surface area contributed by atoms with Crippen LogP contribution in [0.3, 0.4) is 0 Å². The lowest BCUT2D eigenvalue weighted by molar-refractivity contribution is 0.0609. The first-order chi connectivity index (χ1) is 13.2. The molecule has 7 nitrogen and oxygen atoms in total. The van der Waals surface area contributed by atoms with Gasteiger partial charge < -0.3 is 4.90 Å². The molecule has 0 bridgehead atoms. The molecule has 2 atom stereocenters. The van der Waals surface area contributed by atoms with Crippen LogP contribution in [0.25, 0.3) is 5.69 Å². The molecule has 0 N–H and O–H groups in total. The van der Waals surface area contributed by atoms with Crippen LogP contribution in [0.1, 0.15) is 51.5 Å². The molecule has 8 heteroatoms. The largest absolute Gasteiger partial charge is 0.335 e. The summed E-state index contributed by atoms with van der Waals surface area (Å²) in [7, 11) is 0. The van der Waals surface area contributed by atoms with Gasteiger partial charge in [0.2, 0.25) is 0 Å². The van der Waals surface area contributed by atoms with Crippen LogP contribution < -0.4 is 0 Å². The predicted molar refractivity (Wildman–Crippen MR) is 101 cm³/mol. The molecule has 1 aliphatic heterocycles. The first-order valence-electron chi connectivity index (χ1n) is 8.84. The Morgan fingerprint density at radius 2 is 2.00 bits per heavy atom. The number of piperidine rings is 1. The number of nitrogens with zero attached hydrogens (tertiary/aromatic N) is 5. The summed E-state index contributed by atoms with van der Waals surface area (Å²) in [4.78, 5) is 32.0. The van der Waals surface area contributed by atoms with Gasteiger partial charge in [0.25, 0.3) is 5.91 Å². The van der Waals surface area contributed by atoms with Crippen LogP contribution >= 0.6 is 11.3 Å². The molecule has 0 saturated carbocycles. The third-order valence-corrected chi connectivity index (χ3v) is 5.95. The molecule has 0 spiro atoms. The van der Waals surface area contributed by atoms with Gasteiger partial charge in [0.15, 0.2) is 6.29 Å². The summed E-state index contributed by atoms with van der Waals surface area (Å²) in [6, 6.07) is 7.51. The molecule has 2 unspecified atom stereocenters. The summed E-state index contributed by atoms with van der Waals surface area (Å²) in [6.45, 7) is 2.66. The quantitative estimate of drug-likeness (QED) is 0.649. The fraction of sp³-hybridized carbons (Fsp3) is 0.316. The average Bonchev–Trinajstić information content (AvgIpc) is 3.40. The van der Waals surface area contributed by atoms with E-state index < -0.39 is 0 Å². The van der Waals surface area contributed by atoms with Gasteiger partial charge in [-0.15, -0.1) is 11.3 Å². The lowest BCUT2D eigenvalue weighted by Crippen LogP contribution is -2.45. The van der Waals surface area contributed by atoms with Crippen molar-refractivity contribution in [3.63, 3.8) is 0 Å². The molecule has 1 aliphatic rings. The number of carbonyl (C=O) groups excluding carboxylic acids is 2. The number of hydrogen-bond acceptors (Lipinski definition) is 6. The van der Waals surface area contributed by atoms with Gasteiger partial charge >= 0.3 is 0 Å². The second kappa shape index (κ2) is 7.40. The number of carbonyl (C=O) groups is 2. The molecule has 3 heterocycles. The molecule has 1 fully saturated rings. The lowest BCUT2D eigenvalue weighted by atomic mass is 9.93. The third kappa shape index (κ3) is 3.40. The van der Waals surface area contributed by atoms with E-state index in [4.69, 9.17) is 0 Å². The SMILES string of the molecule is CC1CCC(c2nc(C=O)cs2)CN1C(=O)c1ccccc1-n1nccn1. The van der Waals surface area contributed by atoms with Crippen LogP contribution in [0.4, 0.5) is 0 Å². The standard InChI is InChI=1S/C19H19N5O2S/c1-13-6-7-14(18-22-15(11-25)12-27-18)10-23(13)19(26)16-4-2-3-5-17(16)24-20-8-9-21-24/h2-5,8-9,11-14H,6-7,10H2,1H3. The normalized spacial score (nSPS) is 19.8. The van der Waals surface area contributed by atoms with E-state index in [-0.39, 0.29) is 17.9 Å². The Morgan fingerprint density at radius 3 is 2.74 bits per heavy atom. The highest BCUT2D eigenvalue weighted by Crippen LogP contribution is 2.33. The van der Waals surface area contributed by atoms with E-state index in [1.807, 2.05) is 29.2 Å². The highest BCUT2D eigenvalue weighted by Gasteiger charge is 2.32. The van der Waals surface area contributed by atoms with Gasteiger partial charge in [0, 0.05) is 23.9 Å². The highest BCUT2D eigenvalue weighted by molar-refractivity contribution is 7.09. The van der Waals surface area contributed by atoms with Crippen molar-refractivity contribution in [3.8, 4) is 5.69 Å². The molecule has 1 aromatic carbocycles. The van der Waals surface area contributed by atoms with Gasteiger partial charge in [-0.25, -0.2) is 4.98 Å². The lowest BCUT2D eigenvalue weighted by Gasteiger charge is -2.37. The minimum atomic E-state index is -0.0349. The fourth-order valence-corrected chi connectivity index (χ4v) is 4.35. The van der Waals surface area contributed by atoms with Gasteiger partial charge in [-0.05, 0) is 31.9 Å². The third-order valence-electron chi connectivity index (χ3n) is 4.92. The van der Waals surface area contributed by atoms with Gasteiger partial charge in [-0.3, -0.25) is 9.59 Å². The number of hydrogen-bond donors (Lipinski definition) is 0. The summed E-state index contributed by atoms with van der Waals surface area (Å²) in [5, 5.41) is 11.0. The zero-order chi connectivity index (χ0) is 18.8. The zero-order valence-corrected chi connectivity index (χ0v) is 15.7. The van der Waals surface area contributed by atoms with E-state index in [1.54, 1.807) is 17.8 Å². The first-order valence-corrected chi connectivity index (χ1v) is 9.72. The minimum Gasteiger partial charge on any atom is -0.335 e. The van der Waals surface area contributed by atoms with Crippen molar-refractivity contribution < 1.29 is 9.59 Å². The maximum absolute atomic E-state index is 13.3. The number of thiazole rings is 1. The predicted octanol–water partition coefficient (Wildman–Crippen LogP) is 2.94. The van der Waals surface area contributed by atoms with E-state index in [9.17, 15) is 9.59 Å². The Bertz CT molecular complexity index is 953. The molecule has 27 heavy (non-hydrogen) atoms. The van der Waals surface area contributed by atoms with Crippen LogP contribution in [0, 0.1) is 0 Å². The molecule has 3 aromatic rings. The van der Waals surface area contributed by atoms with Crippen LogP contribution in [0.2, 0.25) is 0 Å². The van der Waals surface area contributed by atoms with Crippen LogP contribution in [0.15, 0.2) is 42.0 Å². The van der Waals surface area contributed by atoms with E-state index in [2.05, 4.69) is 22.1 Å². The Kier molecular flexibility index (Phi) is 4.81. The van der Waals surface area contributed by atoms with Crippen molar-refractivity contribution in [2.45, 2.75) is 31.7 Å². The second-order valence-corrected chi connectivity index (χ2v) is 7.53. The van der Waals surface area contributed by atoms with Crippen LogP contribution in [-0.2, 0) is 0 Å². The van der Waals surface area contributed by atoms with E-state index >= 15 is 0 Å². The molecular weight excluding hydrogens is 362 g/mol. The zero-order valence-electron chi connectivity index (χ0n) is 14.9. The van der Waals surface area contributed by atoms with Crippen molar-refractivity contribution in [3.05, 3.63) is 58.3 Å². The van der Waals surface area contributed by atoms with Crippen molar-refractivity contribution >= 4 is 23.5 Å². The van der Waals surface area contributed by atoms with Crippen LogP contribution in [0.5, 0.6) is 0 Å². The maximum Gasteiger partial charge on any atom is 0.256 e. The van der Waals surface area contributed by atoms with Crippen LogP contribution in [-0.4, -0.2) is 49.7 Å². The number of amides is 1. The molecule has 0 radical (unpaired) electrons. The van der Waals surface area contributed by atoms with E-state index in [0.29, 0.717) is 23.5 Å². The van der Waals surface area contributed by atoms with Crippen molar-refractivity contribution in [2.24, 2.45) is 0 Å². The van der Waals surface area contributed by atoms with E-state index in [0.717, 1.165) is 24.1 Å². The average molecular weight is 381 g/mol. The summed E-state index contributed by atoms with van der Waals surface area (Å²) in [5.41, 5.74) is 1.70. The van der Waals surface area contributed by atoms with Gasteiger partial charge in [-0.1, -0.05) is 12.1 Å². The summed E-state index contributed by atoms with van der Waals surface area (Å²) in [6.07, 6.45) is 5.80. The Labute approximate surface area is 160 Å². The number of rotatable bonds is 4. The molecule has 2 aromatic heterocycles. The van der Waals surface area contributed by atoms with E-state index in [1.165, 1.54) is 16.1 Å². The summed E-state index contributed by atoms with van der Waals surface area (Å²) < 4.78 is 0. The van der Waals surface area contributed by atoms with Crippen molar-refractivity contribution in [2.75, 3.05) is 6.54 Å². The molecule has 138 valence electrons. The summed E-state index contributed by atoms with van der Waals surface area (Å²) >= 11 is 1.49. The second-order valence-electron chi connectivity index (χ2n) is 6.64. The number of para-hydroxylation sites is 1. The fourth-order valence-electron chi connectivity index (χ4n) is 3.46. The van der Waals surface area contributed by atoms with Gasteiger partial charge in [0.1, 0.15) is 5.69 Å². The van der Waals surface area contributed by atoms with Gasteiger partial charge in [-0.2, -0.15) is 15.0 Å². The monoisotopic (exact) mass is 381 g/mol. The first kappa shape index (κ1) is 17.5. The smallest absolute Gasteiger partial charge is 0.256 e. The molecular formula is C19H19N5O2S. The highest BCUT2D eigenvalue weighted by atomic mass is 32.1. The molecule has 1 saturated heterocycles. The maximum atomic E-state index is 13.3. The summed E-state index contributed by atoms with van der Waals surface area (Å²) in [5.74, 6) is 0.117. The van der Waals surface area contributed by atoms with Crippen molar-refractivity contribution in [1.29, 1.82) is 0 Å². The van der Waals surface area contributed by atoms with Gasteiger partial charge in [0.05, 0.1) is 28.7 Å². The number of aldehydes is 1. The Balaban J connectivity index is 1.62. The topological polar surface area (TPSA) is 81.0 Å². The number of benzene rings is 1. The number of likely N-dealkylation sites (tertiary alicyclic amines) is 1. The van der Waals surface area contributed by atoms with Crippen molar-refractivity contribution in [1.82, 2.24) is 24.9 Å². The minimum absolute atomic E-state index is 0.0349.